The lowest BCUT2D eigenvalue weighted by molar-refractivity contribution is -0.122. The Morgan fingerprint density at radius 3 is 2.58 bits per heavy atom. The molecule has 2 N–H and O–H groups in total. The highest BCUT2D eigenvalue weighted by molar-refractivity contribution is 8.01. The van der Waals surface area contributed by atoms with E-state index in [-0.39, 0.29) is 18.4 Å². The molecule has 0 bridgehead atoms. The molecule has 0 unspecified atom stereocenters. The third-order valence-electron chi connectivity index (χ3n) is 4.31. The molecule has 31 heavy (non-hydrogen) atoms. The van der Waals surface area contributed by atoms with Crippen LogP contribution in [0.2, 0.25) is 0 Å². The quantitative estimate of drug-likeness (QED) is 0.524. The molecule has 0 radical (unpaired) electrons. The Morgan fingerprint density at radius 2 is 1.94 bits per heavy atom. The van der Waals surface area contributed by atoms with E-state index in [1.807, 2.05) is 37.4 Å². The molecule has 9 heteroatoms. The van der Waals surface area contributed by atoms with Crippen molar-refractivity contribution in [2.75, 3.05) is 26.1 Å². The number of thiazole rings is 1. The number of benzene rings is 2. The number of aromatic nitrogens is 1. The van der Waals surface area contributed by atoms with Crippen molar-refractivity contribution in [3.63, 3.8) is 0 Å². The minimum absolute atomic E-state index is 0.136. The number of rotatable bonds is 8. The van der Waals surface area contributed by atoms with Crippen molar-refractivity contribution >= 4 is 40.6 Å². The van der Waals surface area contributed by atoms with Crippen LogP contribution in [0, 0.1) is 13.8 Å². The zero-order valence-electron chi connectivity index (χ0n) is 17.6. The van der Waals surface area contributed by atoms with Crippen molar-refractivity contribution in [3.8, 4) is 11.5 Å². The number of carbonyl (C=O) groups excluding carboxylic acids is 2. The van der Waals surface area contributed by atoms with E-state index in [2.05, 4.69) is 15.6 Å². The number of methoxy groups -OCH3 is 1. The molecule has 0 saturated heterocycles. The molecule has 162 valence electrons. The Kier molecular flexibility index (Phi) is 7.54. The van der Waals surface area contributed by atoms with Gasteiger partial charge in [-0.15, -0.1) is 11.3 Å². The number of carbonyl (C=O) groups is 2. The fourth-order valence-corrected chi connectivity index (χ4v) is 4.57. The van der Waals surface area contributed by atoms with Gasteiger partial charge in [0.25, 0.3) is 11.8 Å². The minimum Gasteiger partial charge on any atom is -0.493 e. The zero-order valence-corrected chi connectivity index (χ0v) is 19.3. The van der Waals surface area contributed by atoms with Crippen LogP contribution >= 0.6 is 23.1 Å². The van der Waals surface area contributed by atoms with E-state index in [0.717, 1.165) is 26.2 Å². The highest BCUT2D eigenvalue weighted by atomic mass is 32.2. The number of amides is 2. The van der Waals surface area contributed by atoms with Gasteiger partial charge in [0.2, 0.25) is 0 Å². The number of hydrogen-bond acceptors (Lipinski definition) is 7. The smallest absolute Gasteiger partial charge is 0.257 e. The van der Waals surface area contributed by atoms with Crippen LogP contribution in [0.5, 0.6) is 11.5 Å². The van der Waals surface area contributed by atoms with Crippen molar-refractivity contribution in [1.82, 2.24) is 10.3 Å². The van der Waals surface area contributed by atoms with Crippen LogP contribution in [0.25, 0.3) is 0 Å². The van der Waals surface area contributed by atoms with Crippen LogP contribution < -0.4 is 20.1 Å². The number of ether oxygens (including phenoxy) is 2. The maximum absolute atomic E-state index is 12.8. The number of likely N-dealkylation sites (N-methyl/N-ethyl adjacent to an activating group) is 1. The van der Waals surface area contributed by atoms with Gasteiger partial charge in [-0.1, -0.05) is 11.8 Å². The first-order valence-electron chi connectivity index (χ1n) is 9.43. The van der Waals surface area contributed by atoms with Gasteiger partial charge in [-0.05, 0) is 55.8 Å². The predicted molar refractivity (Wildman–Crippen MR) is 123 cm³/mol. The summed E-state index contributed by atoms with van der Waals surface area (Å²) in [6, 6.07) is 10.7. The summed E-state index contributed by atoms with van der Waals surface area (Å²) in [6.07, 6.45) is 0. The van der Waals surface area contributed by atoms with Crippen LogP contribution in [0.3, 0.4) is 0 Å². The molecular formula is C22H23N3O4S2. The minimum atomic E-state index is -0.268. The highest BCUT2D eigenvalue weighted by Gasteiger charge is 2.14. The average molecular weight is 458 g/mol. The average Bonchev–Trinajstić information content (AvgIpc) is 3.18. The molecule has 1 heterocycles. The summed E-state index contributed by atoms with van der Waals surface area (Å²) in [6.45, 7) is 3.78. The molecule has 1 aromatic heterocycles. The molecule has 0 atom stereocenters. The SMILES string of the molecule is CNC(=O)COc1ccc(C(=O)Nc2ccc(Sc3nc(C)cs3)cc2C)cc1OC. The number of hydrogen-bond donors (Lipinski definition) is 2. The molecule has 7 nitrogen and oxygen atoms in total. The molecule has 3 rings (SSSR count). The Balaban J connectivity index is 1.69. The topological polar surface area (TPSA) is 89.5 Å². The fourth-order valence-electron chi connectivity index (χ4n) is 2.66. The standard InChI is InChI=1S/C22H23N3O4S2/c1-13-9-16(31-22-24-14(2)12-30-22)6-7-17(13)25-21(27)15-5-8-18(19(10-15)28-4)29-11-20(26)23-3/h5-10,12H,11H2,1-4H3,(H,23,26)(H,25,27). The summed E-state index contributed by atoms with van der Waals surface area (Å²) in [5, 5.41) is 7.43. The first-order valence-corrected chi connectivity index (χ1v) is 11.1. The number of nitrogens with zero attached hydrogens (tertiary/aromatic N) is 1. The van der Waals surface area contributed by atoms with E-state index in [9.17, 15) is 9.59 Å². The lowest BCUT2D eigenvalue weighted by atomic mass is 10.1. The van der Waals surface area contributed by atoms with Crippen molar-refractivity contribution in [2.45, 2.75) is 23.1 Å². The van der Waals surface area contributed by atoms with Crippen LogP contribution in [0.15, 0.2) is 51.0 Å². The molecule has 2 amide bonds. The first kappa shape index (κ1) is 22.6. The lowest BCUT2D eigenvalue weighted by Crippen LogP contribution is -2.25. The molecule has 0 aliphatic rings. The van der Waals surface area contributed by atoms with Gasteiger partial charge >= 0.3 is 0 Å². The number of anilines is 1. The summed E-state index contributed by atoms with van der Waals surface area (Å²) in [4.78, 5) is 29.7. The van der Waals surface area contributed by atoms with Crippen molar-refractivity contribution in [1.29, 1.82) is 0 Å². The van der Waals surface area contributed by atoms with Crippen LogP contribution in [0.4, 0.5) is 5.69 Å². The predicted octanol–water partition coefficient (Wildman–Crippen LogP) is 4.30. The van der Waals surface area contributed by atoms with Crippen LogP contribution in [0.1, 0.15) is 21.6 Å². The second-order valence-corrected chi connectivity index (χ2v) is 8.79. The van der Waals surface area contributed by atoms with Gasteiger partial charge < -0.3 is 20.1 Å². The Hall–Kier alpha value is -3.04. The van der Waals surface area contributed by atoms with Crippen molar-refractivity contribution in [2.24, 2.45) is 0 Å². The van der Waals surface area contributed by atoms with Gasteiger partial charge in [0.05, 0.1) is 7.11 Å². The second kappa shape index (κ2) is 10.3. The lowest BCUT2D eigenvalue weighted by Gasteiger charge is -2.13. The summed E-state index contributed by atoms with van der Waals surface area (Å²) in [5.74, 6) is 0.234. The monoisotopic (exact) mass is 457 g/mol. The van der Waals surface area contributed by atoms with Gasteiger partial charge in [0.1, 0.15) is 0 Å². The van der Waals surface area contributed by atoms with E-state index in [4.69, 9.17) is 9.47 Å². The van der Waals surface area contributed by atoms with E-state index in [1.54, 1.807) is 41.3 Å². The number of nitrogens with one attached hydrogen (secondary N) is 2. The molecule has 0 aliphatic carbocycles. The maximum Gasteiger partial charge on any atom is 0.257 e. The first-order chi connectivity index (χ1) is 14.9. The molecule has 0 fully saturated rings. The second-order valence-electron chi connectivity index (χ2n) is 6.62. The third-order valence-corrected chi connectivity index (χ3v) is 6.36. The molecule has 2 aromatic carbocycles. The fraction of sp³-hybridized carbons (Fsp3) is 0.227. The normalized spacial score (nSPS) is 10.5. The third kappa shape index (κ3) is 5.99. The van der Waals surface area contributed by atoms with Gasteiger partial charge in [-0.2, -0.15) is 0 Å². The summed E-state index contributed by atoms with van der Waals surface area (Å²) < 4.78 is 11.7. The van der Waals surface area contributed by atoms with E-state index in [1.165, 1.54) is 14.2 Å². The summed E-state index contributed by atoms with van der Waals surface area (Å²) in [7, 11) is 3.01. The van der Waals surface area contributed by atoms with Crippen LogP contribution in [-0.4, -0.2) is 37.6 Å². The Labute approximate surface area is 189 Å². The largest absolute Gasteiger partial charge is 0.493 e. The molecular weight excluding hydrogens is 434 g/mol. The van der Waals surface area contributed by atoms with Crippen molar-refractivity contribution in [3.05, 3.63) is 58.6 Å². The van der Waals surface area contributed by atoms with E-state index >= 15 is 0 Å². The number of aryl methyl sites for hydroxylation is 2. The zero-order chi connectivity index (χ0) is 22.4. The van der Waals surface area contributed by atoms with Gasteiger partial charge in [-0.25, -0.2) is 4.98 Å². The molecule has 0 spiro atoms. The highest BCUT2D eigenvalue weighted by Crippen LogP contribution is 2.33. The Morgan fingerprint density at radius 1 is 1.13 bits per heavy atom. The van der Waals surface area contributed by atoms with Crippen LogP contribution in [-0.2, 0) is 4.79 Å². The van der Waals surface area contributed by atoms with Gasteiger partial charge in [-0.3, -0.25) is 9.59 Å². The molecule has 3 aromatic rings. The molecule has 0 aliphatic heterocycles. The van der Waals surface area contributed by atoms with Gasteiger partial charge in [0.15, 0.2) is 22.4 Å². The Bertz CT molecular complexity index is 1100. The van der Waals surface area contributed by atoms with Gasteiger partial charge in [0, 0.05) is 34.3 Å². The van der Waals surface area contributed by atoms with E-state index < -0.39 is 0 Å². The summed E-state index contributed by atoms with van der Waals surface area (Å²) >= 11 is 3.21. The maximum atomic E-state index is 12.8. The van der Waals surface area contributed by atoms with E-state index in [0.29, 0.717) is 17.1 Å². The molecule has 0 saturated carbocycles. The summed E-state index contributed by atoms with van der Waals surface area (Å²) in [5.41, 5.74) is 3.10. The van der Waals surface area contributed by atoms with Crippen molar-refractivity contribution < 1.29 is 19.1 Å².